The lowest BCUT2D eigenvalue weighted by atomic mass is 10.2. The third-order valence-electron chi connectivity index (χ3n) is 2.06. The van der Waals surface area contributed by atoms with Crippen LogP contribution in [0.5, 0.6) is 0 Å². The summed E-state index contributed by atoms with van der Waals surface area (Å²) < 4.78 is 0. The molecule has 0 bridgehead atoms. The van der Waals surface area contributed by atoms with Crippen molar-refractivity contribution in [2.45, 2.75) is 25.9 Å². The number of aliphatic hydroxyl groups excluding tert-OH is 1. The molecule has 1 nitrogen and oxygen atoms in total. The van der Waals surface area contributed by atoms with Gasteiger partial charge in [0.1, 0.15) is 0 Å². The third-order valence-corrected chi connectivity index (χ3v) is 3.15. The maximum Gasteiger partial charge on any atom is 0.0774 e. The Balaban J connectivity index is 1.99. The van der Waals surface area contributed by atoms with Crippen molar-refractivity contribution in [3.05, 3.63) is 21.9 Å². The molecular formula is C9H12OS. The molecule has 2 heteroatoms. The van der Waals surface area contributed by atoms with Gasteiger partial charge in [0.2, 0.25) is 0 Å². The molecule has 0 aliphatic heterocycles. The van der Waals surface area contributed by atoms with E-state index in [1.54, 1.807) is 11.3 Å². The van der Waals surface area contributed by atoms with E-state index in [9.17, 15) is 0 Å². The van der Waals surface area contributed by atoms with Gasteiger partial charge in [-0.1, -0.05) is 0 Å². The molecule has 1 N–H and O–H groups in total. The molecule has 60 valence electrons. The number of rotatable bonds is 3. The van der Waals surface area contributed by atoms with E-state index in [1.807, 2.05) is 6.07 Å². The SMILES string of the molecule is OCc1ccc(CC2CC2)s1. The Hall–Kier alpha value is -0.340. The van der Waals surface area contributed by atoms with Crippen LogP contribution in [0.25, 0.3) is 0 Å². The molecule has 0 saturated heterocycles. The molecule has 1 heterocycles. The van der Waals surface area contributed by atoms with Crippen molar-refractivity contribution in [2.75, 3.05) is 0 Å². The van der Waals surface area contributed by atoms with Crippen LogP contribution in [-0.2, 0) is 13.0 Å². The Morgan fingerprint density at radius 2 is 2.09 bits per heavy atom. The molecule has 0 amide bonds. The summed E-state index contributed by atoms with van der Waals surface area (Å²) in [6.45, 7) is 0.204. The Bertz CT molecular complexity index is 237. The van der Waals surface area contributed by atoms with Gasteiger partial charge in [-0.25, -0.2) is 0 Å². The van der Waals surface area contributed by atoms with E-state index >= 15 is 0 Å². The highest BCUT2D eigenvalue weighted by Gasteiger charge is 2.21. The first-order chi connectivity index (χ1) is 5.38. The predicted octanol–water partition coefficient (Wildman–Crippen LogP) is 2.19. The smallest absolute Gasteiger partial charge is 0.0774 e. The van der Waals surface area contributed by atoms with Crippen molar-refractivity contribution in [3.8, 4) is 0 Å². The summed E-state index contributed by atoms with van der Waals surface area (Å²) in [6, 6.07) is 4.18. The minimum Gasteiger partial charge on any atom is -0.391 e. The Morgan fingerprint density at radius 1 is 1.36 bits per heavy atom. The maximum absolute atomic E-state index is 8.81. The largest absolute Gasteiger partial charge is 0.391 e. The standard InChI is InChI=1S/C9H12OS/c10-6-9-4-3-8(11-9)5-7-1-2-7/h3-4,7,10H,1-2,5-6H2. The third kappa shape index (κ3) is 1.82. The number of aliphatic hydroxyl groups is 1. The van der Waals surface area contributed by atoms with Crippen LogP contribution in [0.2, 0.25) is 0 Å². The number of hydrogen-bond donors (Lipinski definition) is 1. The van der Waals surface area contributed by atoms with Crippen molar-refractivity contribution in [3.63, 3.8) is 0 Å². The molecule has 1 fully saturated rings. The van der Waals surface area contributed by atoms with Crippen molar-refractivity contribution >= 4 is 11.3 Å². The second kappa shape index (κ2) is 2.95. The van der Waals surface area contributed by atoms with Gasteiger partial charge in [-0.2, -0.15) is 0 Å². The second-order valence-corrected chi connectivity index (χ2v) is 4.43. The molecule has 1 aromatic rings. The zero-order valence-corrected chi connectivity index (χ0v) is 7.23. The monoisotopic (exact) mass is 168 g/mol. The van der Waals surface area contributed by atoms with E-state index in [1.165, 1.54) is 24.1 Å². The summed E-state index contributed by atoms with van der Waals surface area (Å²) in [5, 5.41) is 8.81. The topological polar surface area (TPSA) is 20.2 Å². The van der Waals surface area contributed by atoms with Gasteiger partial charge in [0, 0.05) is 9.75 Å². The maximum atomic E-state index is 8.81. The average molecular weight is 168 g/mol. The molecule has 0 atom stereocenters. The first kappa shape index (κ1) is 7.32. The zero-order chi connectivity index (χ0) is 7.68. The second-order valence-electron chi connectivity index (χ2n) is 3.17. The Kier molecular flexibility index (Phi) is 1.96. The first-order valence-electron chi connectivity index (χ1n) is 4.07. The van der Waals surface area contributed by atoms with Crippen LogP contribution in [-0.4, -0.2) is 5.11 Å². The van der Waals surface area contributed by atoms with Crippen LogP contribution in [0.15, 0.2) is 12.1 Å². The fraction of sp³-hybridized carbons (Fsp3) is 0.556. The van der Waals surface area contributed by atoms with Gasteiger partial charge in [0.15, 0.2) is 0 Å². The quantitative estimate of drug-likeness (QED) is 0.733. The van der Waals surface area contributed by atoms with Gasteiger partial charge < -0.3 is 5.11 Å². The van der Waals surface area contributed by atoms with Crippen LogP contribution in [0.1, 0.15) is 22.6 Å². The lowest BCUT2D eigenvalue weighted by Gasteiger charge is -1.90. The van der Waals surface area contributed by atoms with Crippen molar-refractivity contribution < 1.29 is 5.11 Å². The van der Waals surface area contributed by atoms with Crippen LogP contribution < -0.4 is 0 Å². The predicted molar refractivity (Wildman–Crippen MR) is 46.7 cm³/mol. The summed E-state index contributed by atoms with van der Waals surface area (Å²) in [7, 11) is 0. The summed E-state index contributed by atoms with van der Waals surface area (Å²) in [5.74, 6) is 0.959. The summed E-state index contributed by atoms with van der Waals surface area (Å²) in [6.07, 6.45) is 4.06. The lowest BCUT2D eigenvalue weighted by molar-refractivity contribution is 0.285. The molecule has 2 rings (SSSR count). The zero-order valence-electron chi connectivity index (χ0n) is 6.42. The van der Waals surface area contributed by atoms with E-state index in [2.05, 4.69) is 6.07 Å². The summed E-state index contributed by atoms with van der Waals surface area (Å²) >= 11 is 1.75. The van der Waals surface area contributed by atoms with Gasteiger partial charge in [0.25, 0.3) is 0 Å². The molecule has 1 aliphatic carbocycles. The highest BCUT2D eigenvalue weighted by molar-refractivity contribution is 7.11. The van der Waals surface area contributed by atoms with Crippen molar-refractivity contribution in [2.24, 2.45) is 5.92 Å². The van der Waals surface area contributed by atoms with Gasteiger partial charge in [-0.05, 0) is 37.3 Å². The number of hydrogen-bond acceptors (Lipinski definition) is 2. The summed E-state index contributed by atoms with van der Waals surface area (Å²) in [5.41, 5.74) is 0. The molecule has 1 aliphatic rings. The van der Waals surface area contributed by atoms with Gasteiger partial charge in [-0.3, -0.25) is 0 Å². The normalized spacial score (nSPS) is 17.2. The molecule has 0 spiro atoms. The number of thiophene rings is 1. The fourth-order valence-corrected chi connectivity index (χ4v) is 2.22. The Labute approximate surface area is 70.7 Å². The molecule has 0 radical (unpaired) electrons. The van der Waals surface area contributed by atoms with Gasteiger partial charge in [0.05, 0.1) is 6.61 Å². The Morgan fingerprint density at radius 3 is 2.64 bits per heavy atom. The molecule has 0 aromatic carbocycles. The van der Waals surface area contributed by atoms with Crippen molar-refractivity contribution in [1.29, 1.82) is 0 Å². The van der Waals surface area contributed by atoms with Crippen molar-refractivity contribution in [1.82, 2.24) is 0 Å². The average Bonchev–Trinajstić information content (AvgIpc) is 2.68. The molecule has 0 unspecified atom stereocenters. The molecule has 11 heavy (non-hydrogen) atoms. The van der Waals surface area contributed by atoms with E-state index in [0.717, 1.165) is 10.8 Å². The minimum atomic E-state index is 0.204. The van der Waals surface area contributed by atoms with Crippen LogP contribution >= 0.6 is 11.3 Å². The highest BCUT2D eigenvalue weighted by Crippen LogP contribution is 2.34. The van der Waals surface area contributed by atoms with Crippen LogP contribution in [0.3, 0.4) is 0 Å². The lowest BCUT2D eigenvalue weighted by Crippen LogP contribution is -1.79. The van der Waals surface area contributed by atoms with Gasteiger partial charge in [-0.15, -0.1) is 11.3 Å². The summed E-state index contributed by atoms with van der Waals surface area (Å²) in [4.78, 5) is 2.54. The first-order valence-corrected chi connectivity index (χ1v) is 4.88. The van der Waals surface area contributed by atoms with Crippen LogP contribution in [0, 0.1) is 5.92 Å². The fourth-order valence-electron chi connectivity index (χ4n) is 1.22. The highest BCUT2D eigenvalue weighted by atomic mass is 32.1. The van der Waals surface area contributed by atoms with E-state index in [4.69, 9.17) is 5.11 Å². The molecule has 1 saturated carbocycles. The molecular weight excluding hydrogens is 156 g/mol. The van der Waals surface area contributed by atoms with E-state index in [-0.39, 0.29) is 6.61 Å². The van der Waals surface area contributed by atoms with Crippen LogP contribution in [0.4, 0.5) is 0 Å². The minimum absolute atomic E-state index is 0.204. The van der Waals surface area contributed by atoms with E-state index in [0.29, 0.717) is 0 Å². The molecule has 1 aromatic heterocycles. The van der Waals surface area contributed by atoms with E-state index < -0.39 is 0 Å². The van der Waals surface area contributed by atoms with Gasteiger partial charge >= 0.3 is 0 Å².